The maximum absolute atomic E-state index is 9.29. The molecular weight excluding hydrogens is 180 g/mol. The van der Waals surface area contributed by atoms with Gasteiger partial charge >= 0.3 is 0 Å². The van der Waals surface area contributed by atoms with Gasteiger partial charge in [-0.25, -0.2) is 0 Å². The minimum atomic E-state index is -0.402. The quantitative estimate of drug-likeness (QED) is 0.781. The monoisotopic (exact) mass is 196 g/mol. The summed E-state index contributed by atoms with van der Waals surface area (Å²) in [6, 6.07) is 7.34. The molecule has 78 valence electrons. The third-order valence-electron chi connectivity index (χ3n) is 1.95. The lowest BCUT2D eigenvalue weighted by Gasteiger charge is -2.10. The fourth-order valence-corrected chi connectivity index (χ4v) is 1.00. The van der Waals surface area contributed by atoms with Crippen molar-refractivity contribution in [3.8, 4) is 11.5 Å². The molecule has 1 aromatic rings. The smallest absolute Gasteiger partial charge is 0.123 e. The van der Waals surface area contributed by atoms with E-state index in [0.717, 1.165) is 11.5 Å². The highest BCUT2D eigenvalue weighted by molar-refractivity contribution is 5.32. The number of aliphatic hydroxyl groups excluding tert-OH is 1. The van der Waals surface area contributed by atoms with Gasteiger partial charge in [0.25, 0.3) is 0 Å². The lowest BCUT2D eigenvalue weighted by atomic mass is 10.3. The van der Waals surface area contributed by atoms with E-state index >= 15 is 0 Å². The molecule has 0 bridgehead atoms. The van der Waals surface area contributed by atoms with Crippen LogP contribution < -0.4 is 9.47 Å². The molecule has 14 heavy (non-hydrogen) atoms. The maximum atomic E-state index is 9.29. The molecule has 0 aromatic heterocycles. The molecule has 0 amide bonds. The molecule has 3 nitrogen and oxygen atoms in total. The molecule has 0 aliphatic rings. The Morgan fingerprint density at radius 2 is 2.07 bits per heavy atom. The van der Waals surface area contributed by atoms with Crippen LogP contribution in [0.25, 0.3) is 0 Å². The number of ether oxygens (including phenoxy) is 2. The predicted molar refractivity (Wildman–Crippen MR) is 54.8 cm³/mol. The van der Waals surface area contributed by atoms with Crippen molar-refractivity contribution in [2.45, 2.75) is 19.4 Å². The van der Waals surface area contributed by atoms with E-state index in [1.54, 1.807) is 13.2 Å². The average molecular weight is 196 g/mol. The van der Waals surface area contributed by atoms with Crippen molar-refractivity contribution >= 4 is 0 Å². The van der Waals surface area contributed by atoms with Gasteiger partial charge in [0.05, 0.1) is 13.2 Å². The Morgan fingerprint density at radius 3 is 2.71 bits per heavy atom. The van der Waals surface area contributed by atoms with Gasteiger partial charge in [0, 0.05) is 6.07 Å². The Hall–Kier alpha value is -1.22. The summed E-state index contributed by atoms with van der Waals surface area (Å²) in [5.41, 5.74) is 0. The molecule has 0 heterocycles. The van der Waals surface area contributed by atoms with E-state index in [2.05, 4.69) is 0 Å². The average Bonchev–Trinajstić information content (AvgIpc) is 2.26. The van der Waals surface area contributed by atoms with Gasteiger partial charge in [-0.2, -0.15) is 0 Å². The fraction of sp³-hybridized carbons (Fsp3) is 0.455. The van der Waals surface area contributed by atoms with Crippen LogP contribution in [0.2, 0.25) is 0 Å². The molecule has 0 aliphatic carbocycles. The molecule has 0 aliphatic heterocycles. The lowest BCUT2D eigenvalue weighted by molar-refractivity contribution is 0.104. The van der Waals surface area contributed by atoms with E-state index < -0.39 is 6.10 Å². The molecule has 3 heteroatoms. The van der Waals surface area contributed by atoms with Crippen LogP contribution >= 0.6 is 0 Å². The van der Waals surface area contributed by atoms with Crippen LogP contribution in [-0.2, 0) is 0 Å². The molecule has 0 spiro atoms. The first-order valence-corrected chi connectivity index (χ1v) is 4.71. The molecule has 1 N–H and O–H groups in total. The number of benzene rings is 1. The predicted octanol–water partition coefficient (Wildman–Crippen LogP) is 1.84. The Labute approximate surface area is 84.3 Å². The summed E-state index contributed by atoms with van der Waals surface area (Å²) in [6.45, 7) is 2.24. The molecule has 0 unspecified atom stereocenters. The molecular formula is C11H16O3. The number of methoxy groups -OCH3 is 1. The highest BCUT2D eigenvalue weighted by atomic mass is 16.5. The van der Waals surface area contributed by atoms with Gasteiger partial charge in [-0.15, -0.1) is 0 Å². The zero-order valence-corrected chi connectivity index (χ0v) is 8.56. The summed E-state index contributed by atoms with van der Waals surface area (Å²) in [5, 5.41) is 9.29. The second-order valence-electron chi connectivity index (χ2n) is 3.05. The fourth-order valence-electron chi connectivity index (χ4n) is 1.00. The first-order chi connectivity index (χ1) is 6.76. The van der Waals surface area contributed by atoms with Crippen molar-refractivity contribution in [3.63, 3.8) is 0 Å². The Kier molecular flexibility index (Phi) is 4.26. The van der Waals surface area contributed by atoms with Crippen molar-refractivity contribution in [3.05, 3.63) is 24.3 Å². The van der Waals surface area contributed by atoms with Crippen molar-refractivity contribution in [1.29, 1.82) is 0 Å². The second kappa shape index (κ2) is 5.50. The highest BCUT2D eigenvalue weighted by Gasteiger charge is 2.02. The van der Waals surface area contributed by atoms with Crippen LogP contribution in [0.3, 0.4) is 0 Å². The summed E-state index contributed by atoms with van der Waals surface area (Å²) < 4.78 is 10.4. The molecule has 0 saturated heterocycles. The summed E-state index contributed by atoms with van der Waals surface area (Å²) in [6.07, 6.45) is 0.297. The van der Waals surface area contributed by atoms with Gasteiger partial charge in [-0.1, -0.05) is 13.0 Å². The highest BCUT2D eigenvalue weighted by Crippen LogP contribution is 2.18. The first kappa shape index (κ1) is 10.9. The van der Waals surface area contributed by atoms with Gasteiger partial charge in [0.15, 0.2) is 0 Å². The van der Waals surface area contributed by atoms with Gasteiger partial charge in [-0.05, 0) is 18.6 Å². The normalized spacial score (nSPS) is 12.2. The standard InChI is InChI=1S/C11H16O3/c1-3-9(12)8-14-11-6-4-5-10(7-11)13-2/h4-7,9,12H,3,8H2,1-2H3/t9-/m0/s1. The van der Waals surface area contributed by atoms with Gasteiger partial charge in [0.1, 0.15) is 18.1 Å². The Morgan fingerprint density at radius 1 is 1.36 bits per heavy atom. The zero-order chi connectivity index (χ0) is 10.4. The van der Waals surface area contributed by atoms with Gasteiger partial charge in [-0.3, -0.25) is 0 Å². The largest absolute Gasteiger partial charge is 0.497 e. The van der Waals surface area contributed by atoms with Crippen molar-refractivity contribution in [1.82, 2.24) is 0 Å². The minimum absolute atomic E-state index is 0.323. The molecule has 0 saturated carbocycles. The third kappa shape index (κ3) is 3.26. The summed E-state index contributed by atoms with van der Waals surface area (Å²) in [5.74, 6) is 1.48. The van der Waals surface area contributed by atoms with Gasteiger partial charge in [0.2, 0.25) is 0 Å². The lowest BCUT2D eigenvalue weighted by Crippen LogP contribution is -2.15. The van der Waals surface area contributed by atoms with E-state index in [1.165, 1.54) is 0 Å². The number of aliphatic hydroxyl groups is 1. The molecule has 1 rings (SSSR count). The van der Waals surface area contributed by atoms with Crippen LogP contribution in [-0.4, -0.2) is 24.9 Å². The minimum Gasteiger partial charge on any atom is -0.497 e. The van der Waals surface area contributed by atoms with Gasteiger partial charge < -0.3 is 14.6 Å². The van der Waals surface area contributed by atoms with Crippen LogP contribution in [0.1, 0.15) is 13.3 Å². The van der Waals surface area contributed by atoms with Crippen LogP contribution in [0.4, 0.5) is 0 Å². The van der Waals surface area contributed by atoms with E-state index in [1.807, 2.05) is 25.1 Å². The topological polar surface area (TPSA) is 38.7 Å². The second-order valence-corrected chi connectivity index (χ2v) is 3.05. The van der Waals surface area contributed by atoms with E-state index in [4.69, 9.17) is 9.47 Å². The Balaban J connectivity index is 2.50. The van der Waals surface area contributed by atoms with Crippen molar-refractivity contribution < 1.29 is 14.6 Å². The Bertz CT molecular complexity index is 273. The summed E-state index contributed by atoms with van der Waals surface area (Å²) in [7, 11) is 1.61. The van der Waals surface area contributed by atoms with E-state index in [0.29, 0.717) is 13.0 Å². The van der Waals surface area contributed by atoms with E-state index in [-0.39, 0.29) is 0 Å². The first-order valence-electron chi connectivity index (χ1n) is 4.71. The van der Waals surface area contributed by atoms with Crippen molar-refractivity contribution in [2.75, 3.05) is 13.7 Å². The number of hydrogen-bond donors (Lipinski definition) is 1. The van der Waals surface area contributed by atoms with Crippen molar-refractivity contribution in [2.24, 2.45) is 0 Å². The number of hydrogen-bond acceptors (Lipinski definition) is 3. The van der Waals surface area contributed by atoms with Crippen LogP contribution in [0.15, 0.2) is 24.3 Å². The number of rotatable bonds is 5. The summed E-state index contributed by atoms with van der Waals surface area (Å²) in [4.78, 5) is 0. The molecule has 0 radical (unpaired) electrons. The molecule has 1 atom stereocenters. The summed E-state index contributed by atoms with van der Waals surface area (Å²) >= 11 is 0. The molecule has 0 fully saturated rings. The maximum Gasteiger partial charge on any atom is 0.123 e. The van der Waals surface area contributed by atoms with Crippen LogP contribution in [0, 0.1) is 0 Å². The van der Waals surface area contributed by atoms with E-state index in [9.17, 15) is 5.11 Å². The molecule has 1 aromatic carbocycles. The van der Waals surface area contributed by atoms with Crippen LogP contribution in [0.5, 0.6) is 11.5 Å². The third-order valence-corrected chi connectivity index (χ3v) is 1.95. The SMILES string of the molecule is CC[C@H](O)COc1cccc(OC)c1. The zero-order valence-electron chi connectivity index (χ0n) is 8.56.